The van der Waals surface area contributed by atoms with Crippen LogP contribution in [0.15, 0.2) is 58.1 Å². The summed E-state index contributed by atoms with van der Waals surface area (Å²) in [4.78, 5) is 20.4. The molecule has 0 bridgehead atoms. The van der Waals surface area contributed by atoms with Crippen LogP contribution in [0.2, 0.25) is 0 Å². The Kier molecular flexibility index (Phi) is 2.38. The molecule has 4 aromatic rings. The molecule has 0 spiro atoms. The lowest BCUT2D eigenvalue weighted by atomic mass is 10.1. The molecule has 5 nitrogen and oxygen atoms in total. The van der Waals surface area contributed by atoms with Crippen LogP contribution >= 0.6 is 0 Å². The molecule has 102 valence electrons. The second-order valence-corrected chi connectivity index (χ2v) is 4.58. The van der Waals surface area contributed by atoms with Gasteiger partial charge >= 0.3 is 5.63 Å². The van der Waals surface area contributed by atoms with Gasteiger partial charge in [-0.25, -0.2) is 19.2 Å². The van der Waals surface area contributed by atoms with Crippen LogP contribution in [0.3, 0.4) is 0 Å². The van der Waals surface area contributed by atoms with Crippen LogP contribution in [0, 0.1) is 5.82 Å². The van der Waals surface area contributed by atoms with Crippen molar-refractivity contribution in [3.05, 3.63) is 65.2 Å². The summed E-state index contributed by atoms with van der Waals surface area (Å²) in [6, 6.07) is 7.47. The van der Waals surface area contributed by atoms with Crippen LogP contribution in [0.4, 0.5) is 4.39 Å². The third kappa shape index (κ3) is 1.88. The van der Waals surface area contributed by atoms with Gasteiger partial charge in [-0.2, -0.15) is 0 Å². The van der Waals surface area contributed by atoms with Crippen molar-refractivity contribution < 1.29 is 8.81 Å². The van der Waals surface area contributed by atoms with Crippen molar-refractivity contribution in [3.63, 3.8) is 0 Å². The summed E-state index contributed by atoms with van der Waals surface area (Å²) in [7, 11) is 0. The Hall–Kier alpha value is -3.02. The summed E-state index contributed by atoms with van der Waals surface area (Å²) in [5, 5.41) is 0.635. The molecule has 0 aliphatic heterocycles. The number of hydrogen-bond donors (Lipinski definition) is 0. The van der Waals surface area contributed by atoms with E-state index in [4.69, 9.17) is 4.42 Å². The van der Waals surface area contributed by atoms with Crippen molar-refractivity contribution >= 4 is 16.7 Å². The van der Waals surface area contributed by atoms with Crippen molar-refractivity contribution in [1.82, 2.24) is 14.4 Å². The Bertz CT molecular complexity index is 1000. The van der Waals surface area contributed by atoms with E-state index in [9.17, 15) is 9.18 Å². The van der Waals surface area contributed by atoms with E-state index in [0.29, 0.717) is 22.4 Å². The maximum atomic E-state index is 13.1. The fourth-order valence-corrected chi connectivity index (χ4v) is 2.22. The second kappa shape index (κ2) is 4.24. The number of aromatic nitrogens is 3. The van der Waals surface area contributed by atoms with Crippen LogP contribution in [0.5, 0.6) is 0 Å². The fraction of sp³-hybridized carbons (Fsp3) is 0. The lowest BCUT2D eigenvalue weighted by Gasteiger charge is -1.99. The van der Waals surface area contributed by atoms with E-state index in [1.54, 1.807) is 41.2 Å². The molecule has 0 amide bonds. The highest BCUT2D eigenvalue weighted by atomic mass is 19.1. The standard InChI is InChI=1S/C15H8FN3O2/c16-10-3-2-9-6-11(14(20)21-13(9)7-10)12-8-19-5-1-4-17-15(19)18-12/h1-8H. The minimum absolute atomic E-state index is 0.214. The summed E-state index contributed by atoms with van der Waals surface area (Å²) >= 11 is 0. The van der Waals surface area contributed by atoms with Crippen molar-refractivity contribution in [3.8, 4) is 11.3 Å². The molecule has 0 saturated carbocycles. The van der Waals surface area contributed by atoms with Gasteiger partial charge in [-0.15, -0.1) is 0 Å². The average Bonchev–Trinajstić information content (AvgIpc) is 2.90. The molecule has 0 radical (unpaired) electrons. The van der Waals surface area contributed by atoms with E-state index in [1.807, 2.05) is 0 Å². The molecule has 0 fully saturated rings. The lowest BCUT2D eigenvalue weighted by Crippen LogP contribution is -2.02. The first kappa shape index (κ1) is 11.8. The normalized spacial score (nSPS) is 11.3. The zero-order chi connectivity index (χ0) is 14.4. The van der Waals surface area contributed by atoms with E-state index in [-0.39, 0.29) is 5.58 Å². The predicted molar refractivity (Wildman–Crippen MR) is 74.4 cm³/mol. The van der Waals surface area contributed by atoms with E-state index < -0.39 is 11.4 Å². The van der Waals surface area contributed by atoms with Crippen LogP contribution in [0.25, 0.3) is 28.0 Å². The highest BCUT2D eigenvalue weighted by molar-refractivity contribution is 5.81. The average molecular weight is 281 g/mol. The Labute approximate surface area is 117 Å². The first-order valence-corrected chi connectivity index (χ1v) is 6.24. The number of rotatable bonds is 1. The Morgan fingerprint density at radius 3 is 3.00 bits per heavy atom. The molecule has 3 heterocycles. The maximum Gasteiger partial charge on any atom is 0.345 e. The molecular weight excluding hydrogens is 273 g/mol. The van der Waals surface area contributed by atoms with Crippen LogP contribution in [-0.2, 0) is 0 Å². The van der Waals surface area contributed by atoms with Gasteiger partial charge in [-0.1, -0.05) is 0 Å². The molecule has 0 atom stereocenters. The quantitative estimate of drug-likeness (QED) is 0.503. The first-order valence-electron chi connectivity index (χ1n) is 6.24. The summed E-state index contributed by atoms with van der Waals surface area (Å²) in [6.45, 7) is 0. The van der Waals surface area contributed by atoms with Crippen molar-refractivity contribution in [2.75, 3.05) is 0 Å². The molecule has 3 aromatic heterocycles. The molecule has 21 heavy (non-hydrogen) atoms. The highest BCUT2D eigenvalue weighted by Crippen LogP contribution is 2.21. The van der Waals surface area contributed by atoms with Gasteiger partial charge in [-0.3, -0.25) is 4.40 Å². The molecule has 0 saturated heterocycles. The lowest BCUT2D eigenvalue weighted by molar-refractivity contribution is 0.556. The van der Waals surface area contributed by atoms with E-state index in [0.717, 1.165) is 0 Å². The summed E-state index contributed by atoms with van der Waals surface area (Å²) < 4.78 is 20.0. The minimum Gasteiger partial charge on any atom is -0.422 e. The number of nitrogens with zero attached hydrogens (tertiary/aromatic N) is 3. The number of imidazole rings is 1. The largest absolute Gasteiger partial charge is 0.422 e. The smallest absolute Gasteiger partial charge is 0.345 e. The fourth-order valence-electron chi connectivity index (χ4n) is 2.22. The van der Waals surface area contributed by atoms with Crippen LogP contribution in [0.1, 0.15) is 0 Å². The van der Waals surface area contributed by atoms with Crippen LogP contribution in [-0.4, -0.2) is 14.4 Å². The monoisotopic (exact) mass is 281 g/mol. The summed E-state index contributed by atoms with van der Waals surface area (Å²) in [5.41, 5.74) is 0.440. The van der Waals surface area contributed by atoms with Gasteiger partial charge in [0, 0.05) is 30.0 Å². The second-order valence-electron chi connectivity index (χ2n) is 4.58. The SMILES string of the molecule is O=c1oc2cc(F)ccc2cc1-c1cn2cccnc2n1. The van der Waals surface area contributed by atoms with Gasteiger partial charge < -0.3 is 4.42 Å². The van der Waals surface area contributed by atoms with Gasteiger partial charge in [0.1, 0.15) is 11.4 Å². The molecule has 1 aromatic carbocycles. The molecule has 4 rings (SSSR count). The Morgan fingerprint density at radius 2 is 2.14 bits per heavy atom. The van der Waals surface area contributed by atoms with Gasteiger partial charge in [0.05, 0.1) is 11.3 Å². The zero-order valence-electron chi connectivity index (χ0n) is 10.7. The van der Waals surface area contributed by atoms with Crippen LogP contribution < -0.4 is 5.63 Å². The zero-order valence-corrected chi connectivity index (χ0v) is 10.7. The summed E-state index contributed by atoms with van der Waals surface area (Å²) in [6.07, 6.45) is 5.11. The number of benzene rings is 1. The van der Waals surface area contributed by atoms with E-state index in [2.05, 4.69) is 9.97 Å². The topological polar surface area (TPSA) is 60.4 Å². The molecule has 0 unspecified atom stereocenters. The third-order valence-corrected chi connectivity index (χ3v) is 3.21. The van der Waals surface area contributed by atoms with Gasteiger partial charge in [-0.05, 0) is 24.3 Å². The molecule has 0 aliphatic carbocycles. The summed E-state index contributed by atoms with van der Waals surface area (Å²) in [5.74, 6) is 0.0430. The minimum atomic E-state index is -0.559. The number of halogens is 1. The number of hydrogen-bond acceptors (Lipinski definition) is 4. The van der Waals surface area contributed by atoms with E-state index in [1.165, 1.54) is 12.1 Å². The third-order valence-electron chi connectivity index (χ3n) is 3.21. The predicted octanol–water partition coefficient (Wildman–Crippen LogP) is 2.64. The first-order chi connectivity index (χ1) is 10.2. The van der Waals surface area contributed by atoms with Gasteiger partial charge in [0.15, 0.2) is 0 Å². The van der Waals surface area contributed by atoms with Crippen molar-refractivity contribution in [2.24, 2.45) is 0 Å². The van der Waals surface area contributed by atoms with Gasteiger partial charge in [0.25, 0.3) is 0 Å². The molecule has 0 N–H and O–H groups in total. The maximum absolute atomic E-state index is 13.1. The highest BCUT2D eigenvalue weighted by Gasteiger charge is 2.12. The van der Waals surface area contributed by atoms with Gasteiger partial charge in [0.2, 0.25) is 5.78 Å². The molecular formula is C15H8FN3O2. The Morgan fingerprint density at radius 1 is 1.24 bits per heavy atom. The van der Waals surface area contributed by atoms with Crippen molar-refractivity contribution in [1.29, 1.82) is 0 Å². The molecule has 6 heteroatoms. The Balaban J connectivity index is 1.99. The van der Waals surface area contributed by atoms with E-state index >= 15 is 0 Å². The molecule has 0 aliphatic rings. The van der Waals surface area contributed by atoms with Crippen molar-refractivity contribution in [2.45, 2.75) is 0 Å². The number of fused-ring (bicyclic) bond motifs is 2.